The fourth-order valence-electron chi connectivity index (χ4n) is 1.88. The van der Waals surface area contributed by atoms with Crippen LogP contribution in [-0.4, -0.2) is 16.5 Å². The van der Waals surface area contributed by atoms with Crippen molar-refractivity contribution in [1.82, 2.24) is 15.3 Å². The van der Waals surface area contributed by atoms with Crippen molar-refractivity contribution < 1.29 is 0 Å². The summed E-state index contributed by atoms with van der Waals surface area (Å²) in [6, 6.07) is 6.57. The number of hydrogen-bond donors (Lipinski definition) is 1. The molecule has 0 unspecified atom stereocenters. The van der Waals surface area contributed by atoms with Gasteiger partial charge in [0.1, 0.15) is 0 Å². The first-order chi connectivity index (χ1) is 9.69. The molecule has 1 N–H and O–H groups in total. The van der Waals surface area contributed by atoms with Crippen LogP contribution in [-0.2, 0) is 6.54 Å². The highest BCUT2D eigenvalue weighted by atomic mass is 32.2. The Hall–Kier alpha value is -1.39. The Balaban J connectivity index is 2.03. The van der Waals surface area contributed by atoms with Crippen molar-refractivity contribution in [2.45, 2.75) is 43.8 Å². The maximum absolute atomic E-state index is 4.34. The van der Waals surface area contributed by atoms with E-state index in [0.29, 0.717) is 0 Å². The van der Waals surface area contributed by atoms with Crippen LogP contribution < -0.4 is 5.32 Å². The molecule has 0 atom stereocenters. The lowest BCUT2D eigenvalue weighted by atomic mass is 10.1. The lowest BCUT2D eigenvalue weighted by Crippen LogP contribution is -2.13. The molecule has 4 heteroatoms. The van der Waals surface area contributed by atoms with Crippen LogP contribution in [0.4, 0.5) is 0 Å². The largest absolute Gasteiger partial charge is 0.313 e. The van der Waals surface area contributed by atoms with Crippen molar-refractivity contribution in [3.05, 3.63) is 47.3 Å². The van der Waals surface area contributed by atoms with Crippen molar-refractivity contribution in [3.63, 3.8) is 0 Å². The molecule has 1 aromatic carbocycles. The number of benzene rings is 1. The minimum Gasteiger partial charge on any atom is -0.313 e. The molecule has 0 saturated heterocycles. The van der Waals surface area contributed by atoms with E-state index in [9.17, 15) is 0 Å². The lowest BCUT2D eigenvalue weighted by molar-refractivity contribution is 0.675. The van der Waals surface area contributed by atoms with Gasteiger partial charge in [-0.1, -0.05) is 19.1 Å². The normalized spacial score (nSPS) is 10.8. The molecule has 0 saturated carbocycles. The molecule has 0 fully saturated rings. The topological polar surface area (TPSA) is 37.8 Å². The SMILES string of the molecule is CCCNCc1ccc(Sc2ncc(C)cn2)c(C)c1. The average Bonchev–Trinajstić information content (AvgIpc) is 2.44. The maximum Gasteiger partial charge on any atom is 0.192 e. The van der Waals surface area contributed by atoms with Gasteiger partial charge in [-0.3, -0.25) is 0 Å². The van der Waals surface area contributed by atoms with E-state index in [1.807, 2.05) is 19.3 Å². The molecule has 0 radical (unpaired) electrons. The minimum absolute atomic E-state index is 0.801. The fraction of sp³-hybridized carbons (Fsp3) is 0.375. The molecule has 20 heavy (non-hydrogen) atoms. The van der Waals surface area contributed by atoms with Gasteiger partial charge in [0.2, 0.25) is 0 Å². The van der Waals surface area contributed by atoms with Gasteiger partial charge < -0.3 is 5.32 Å². The standard InChI is InChI=1S/C16H21N3S/c1-4-7-17-11-14-5-6-15(13(3)8-14)20-16-18-9-12(2)10-19-16/h5-6,8-10,17H,4,7,11H2,1-3H3. The number of rotatable bonds is 6. The summed E-state index contributed by atoms with van der Waals surface area (Å²) in [4.78, 5) is 9.89. The van der Waals surface area contributed by atoms with Crippen LogP contribution in [0.2, 0.25) is 0 Å². The van der Waals surface area contributed by atoms with Crippen LogP contribution in [0.15, 0.2) is 40.6 Å². The zero-order chi connectivity index (χ0) is 14.4. The predicted octanol–water partition coefficient (Wildman–Crippen LogP) is 3.74. The third kappa shape index (κ3) is 4.32. The molecule has 1 heterocycles. The van der Waals surface area contributed by atoms with E-state index in [-0.39, 0.29) is 0 Å². The van der Waals surface area contributed by atoms with Crippen LogP contribution in [0.25, 0.3) is 0 Å². The van der Waals surface area contributed by atoms with Crippen molar-refractivity contribution in [2.75, 3.05) is 6.54 Å². The second-order valence-electron chi connectivity index (χ2n) is 4.92. The van der Waals surface area contributed by atoms with E-state index in [1.54, 1.807) is 11.8 Å². The summed E-state index contributed by atoms with van der Waals surface area (Å²) >= 11 is 1.62. The second-order valence-corrected chi connectivity index (χ2v) is 5.93. The summed E-state index contributed by atoms with van der Waals surface area (Å²) in [7, 11) is 0. The highest BCUT2D eigenvalue weighted by Crippen LogP contribution is 2.28. The number of nitrogens with zero attached hydrogens (tertiary/aromatic N) is 2. The molecular weight excluding hydrogens is 266 g/mol. The monoisotopic (exact) mass is 287 g/mol. The summed E-state index contributed by atoms with van der Waals surface area (Å²) in [5.74, 6) is 0. The van der Waals surface area contributed by atoms with E-state index >= 15 is 0 Å². The Bertz CT molecular complexity index is 552. The molecule has 3 nitrogen and oxygen atoms in total. The van der Waals surface area contributed by atoms with Gasteiger partial charge in [-0.2, -0.15) is 0 Å². The molecule has 2 rings (SSSR count). The lowest BCUT2D eigenvalue weighted by Gasteiger charge is -2.08. The van der Waals surface area contributed by atoms with E-state index in [2.05, 4.69) is 47.3 Å². The Labute approximate surface area is 125 Å². The maximum atomic E-state index is 4.34. The average molecular weight is 287 g/mol. The first-order valence-electron chi connectivity index (χ1n) is 6.96. The molecule has 0 bridgehead atoms. The van der Waals surface area contributed by atoms with Gasteiger partial charge in [0.05, 0.1) is 0 Å². The predicted molar refractivity (Wildman–Crippen MR) is 84.1 cm³/mol. The molecule has 0 aliphatic heterocycles. The zero-order valence-electron chi connectivity index (χ0n) is 12.3. The highest BCUT2D eigenvalue weighted by molar-refractivity contribution is 7.99. The Morgan fingerprint density at radius 2 is 1.90 bits per heavy atom. The number of aryl methyl sites for hydroxylation is 2. The summed E-state index contributed by atoms with van der Waals surface area (Å²) in [6.45, 7) is 8.31. The van der Waals surface area contributed by atoms with Crippen molar-refractivity contribution in [3.8, 4) is 0 Å². The molecule has 0 aliphatic rings. The van der Waals surface area contributed by atoms with Crippen LogP contribution in [0.3, 0.4) is 0 Å². The molecule has 0 amide bonds. The quantitative estimate of drug-likeness (QED) is 0.648. The van der Waals surface area contributed by atoms with E-state index in [0.717, 1.165) is 30.2 Å². The van der Waals surface area contributed by atoms with Crippen LogP contribution >= 0.6 is 11.8 Å². The zero-order valence-corrected chi connectivity index (χ0v) is 13.1. The van der Waals surface area contributed by atoms with Gasteiger partial charge >= 0.3 is 0 Å². The first kappa shape index (κ1) is 15.0. The molecule has 0 aliphatic carbocycles. The van der Waals surface area contributed by atoms with Crippen molar-refractivity contribution in [1.29, 1.82) is 0 Å². The number of nitrogens with one attached hydrogen (secondary N) is 1. The smallest absolute Gasteiger partial charge is 0.192 e. The summed E-state index contributed by atoms with van der Waals surface area (Å²) < 4.78 is 0. The van der Waals surface area contributed by atoms with E-state index in [1.165, 1.54) is 16.0 Å². The van der Waals surface area contributed by atoms with Gasteiger partial charge in [-0.15, -0.1) is 0 Å². The summed E-state index contributed by atoms with van der Waals surface area (Å²) in [5, 5.41) is 4.22. The Morgan fingerprint density at radius 3 is 2.55 bits per heavy atom. The highest BCUT2D eigenvalue weighted by Gasteiger charge is 2.04. The Morgan fingerprint density at radius 1 is 1.15 bits per heavy atom. The molecular formula is C16H21N3S. The van der Waals surface area contributed by atoms with Crippen LogP contribution in [0.5, 0.6) is 0 Å². The second kappa shape index (κ2) is 7.41. The van der Waals surface area contributed by atoms with Crippen LogP contribution in [0.1, 0.15) is 30.0 Å². The van der Waals surface area contributed by atoms with E-state index < -0.39 is 0 Å². The van der Waals surface area contributed by atoms with Gasteiger partial charge in [0, 0.05) is 23.8 Å². The minimum atomic E-state index is 0.801. The molecule has 106 valence electrons. The van der Waals surface area contributed by atoms with Gasteiger partial charge in [-0.05, 0) is 61.3 Å². The van der Waals surface area contributed by atoms with Crippen molar-refractivity contribution in [2.24, 2.45) is 0 Å². The first-order valence-corrected chi connectivity index (χ1v) is 7.77. The van der Waals surface area contributed by atoms with Crippen molar-refractivity contribution >= 4 is 11.8 Å². The number of hydrogen-bond acceptors (Lipinski definition) is 4. The summed E-state index contributed by atoms with van der Waals surface area (Å²) in [6.07, 6.45) is 4.87. The third-order valence-electron chi connectivity index (χ3n) is 2.95. The molecule has 0 spiro atoms. The number of aromatic nitrogens is 2. The third-order valence-corrected chi connectivity index (χ3v) is 4.03. The van der Waals surface area contributed by atoms with E-state index in [4.69, 9.17) is 0 Å². The van der Waals surface area contributed by atoms with Gasteiger partial charge in [0.15, 0.2) is 5.16 Å². The van der Waals surface area contributed by atoms with Crippen LogP contribution in [0, 0.1) is 13.8 Å². The summed E-state index contributed by atoms with van der Waals surface area (Å²) in [5.41, 5.74) is 3.68. The fourth-order valence-corrected chi connectivity index (χ4v) is 2.64. The Kier molecular flexibility index (Phi) is 5.56. The molecule has 2 aromatic rings. The van der Waals surface area contributed by atoms with Gasteiger partial charge in [-0.25, -0.2) is 9.97 Å². The van der Waals surface area contributed by atoms with Gasteiger partial charge in [0.25, 0.3) is 0 Å². The molecule has 1 aromatic heterocycles.